The van der Waals surface area contributed by atoms with Crippen LogP contribution in [0.5, 0.6) is 0 Å². The molecule has 0 N–H and O–H groups in total. The fourth-order valence-corrected chi connectivity index (χ4v) is 4.10. The van der Waals surface area contributed by atoms with E-state index in [2.05, 4.69) is 31.0 Å². The summed E-state index contributed by atoms with van der Waals surface area (Å²) in [5.41, 5.74) is 0. The van der Waals surface area contributed by atoms with Crippen molar-refractivity contribution in [1.29, 1.82) is 0 Å². The molecule has 0 aromatic rings. The summed E-state index contributed by atoms with van der Waals surface area (Å²) in [6, 6.07) is 1.33. The van der Waals surface area contributed by atoms with E-state index in [0.717, 1.165) is 23.7 Å². The van der Waals surface area contributed by atoms with Crippen LogP contribution in [0.3, 0.4) is 0 Å². The lowest BCUT2D eigenvalue weighted by atomic mass is 9.71. The lowest BCUT2D eigenvalue weighted by Crippen LogP contribution is -2.26. The minimum absolute atomic E-state index is 0.951. The molecule has 0 saturated heterocycles. The highest BCUT2D eigenvalue weighted by Crippen LogP contribution is 2.40. The van der Waals surface area contributed by atoms with E-state index in [1.807, 2.05) is 0 Å². The zero-order valence-corrected chi connectivity index (χ0v) is 12.7. The summed E-state index contributed by atoms with van der Waals surface area (Å²) in [5.74, 6) is 4.01. The van der Waals surface area contributed by atoms with Crippen LogP contribution in [0.15, 0.2) is 0 Å². The molecule has 0 amide bonds. The summed E-state index contributed by atoms with van der Waals surface area (Å²) in [5, 5.41) is 0. The Morgan fingerprint density at radius 3 is 2.50 bits per heavy atom. The zero-order valence-electron chi connectivity index (χ0n) is 11.5. The molecule has 0 nitrogen and oxygen atoms in total. The highest BCUT2D eigenvalue weighted by atomic mass is 28.1. The van der Waals surface area contributed by atoms with Crippen LogP contribution >= 0.6 is 0 Å². The maximum Gasteiger partial charge on any atom is 0.0147 e. The van der Waals surface area contributed by atoms with Crippen LogP contribution in [0.25, 0.3) is 0 Å². The van der Waals surface area contributed by atoms with Gasteiger partial charge in [0, 0.05) is 10.2 Å². The van der Waals surface area contributed by atoms with Gasteiger partial charge in [-0.1, -0.05) is 52.5 Å². The van der Waals surface area contributed by atoms with Gasteiger partial charge in [-0.25, -0.2) is 0 Å². The molecular formula is C15H30Si. The summed E-state index contributed by atoms with van der Waals surface area (Å²) in [6.07, 6.45) is 10.2. The third-order valence-corrected chi connectivity index (χ3v) is 5.22. The SMILES string of the molecule is CCCC(C)CC1CCC(CC)CC1C[SiH]. The summed E-state index contributed by atoms with van der Waals surface area (Å²) < 4.78 is 0. The standard InChI is InChI=1S/C15H30Si/c1-4-6-12(3)9-14-8-7-13(5-2)10-15(14)11-16/h12-16H,4-11H2,1-3H3. The Bertz CT molecular complexity index is 178. The second-order valence-corrected chi connectivity index (χ2v) is 6.44. The highest BCUT2D eigenvalue weighted by molar-refractivity contribution is 6.08. The monoisotopic (exact) mass is 238 g/mol. The fourth-order valence-electron chi connectivity index (χ4n) is 3.52. The minimum atomic E-state index is 0.951. The predicted octanol–water partition coefficient (Wildman–Crippen LogP) is 4.57. The van der Waals surface area contributed by atoms with E-state index < -0.39 is 0 Å². The molecule has 0 heterocycles. The molecule has 1 saturated carbocycles. The molecule has 1 rings (SSSR count). The maximum absolute atomic E-state index is 3.00. The van der Waals surface area contributed by atoms with Crippen LogP contribution < -0.4 is 0 Å². The number of hydrogen-bond acceptors (Lipinski definition) is 0. The summed E-state index contributed by atoms with van der Waals surface area (Å²) >= 11 is 0. The Labute approximate surface area is 106 Å². The Kier molecular flexibility index (Phi) is 6.72. The molecule has 0 aliphatic heterocycles. The topological polar surface area (TPSA) is 0 Å². The molecule has 1 heteroatoms. The van der Waals surface area contributed by atoms with Gasteiger partial charge in [0.25, 0.3) is 0 Å². The van der Waals surface area contributed by atoms with Gasteiger partial charge in [-0.3, -0.25) is 0 Å². The van der Waals surface area contributed by atoms with Gasteiger partial charge in [-0.15, -0.1) is 0 Å². The molecule has 0 spiro atoms. The van der Waals surface area contributed by atoms with Crippen molar-refractivity contribution in [3.63, 3.8) is 0 Å². The van der Waals surface area contributed by atoms with E-state index in [9.17, 15) is 0 Å². The zero-order chi connectivity index (χ0) is 12.0. The van der Waals surface area contributed by atoms with Crippen molar-refractivity contribution in [1.82, 2.24) is 0 Å². The molecule has 0 bridgehead atoms. The van der Waals surface area contributed by atoms with Gasteiger partial charge in [0.05, 0.1) is 0 Å². The molecule has 4 unspecified atom stereocenters. The van der Waals surface area contributed by atoms with Crippen LogP contribution in [0, 0.1) is 23.7 Å². The fraction of sp³-hybridized carbons (Fsp3) is 1.00. The van der Waals surface area contributed by atoms with Crippen molar-refractivity contribution in [2.45, 2.75) is 71.8 Å². The number of rotatable bonds is 6. The second-order valence-electron chi connectivity index (χ2n) is 5.97. The van der Waals surface area contributed by atoms with E-state index >= 15 is 0 Å². The van der Waals surface area contributed by atoms with Crippen LogP contribution in [0.2, 0.25) is 6.04 Å². The summed E-state index contributed by atoms with van der Waals surface area (Å²) in [6.45, 7) is 7.14. The maximum atomic E-state index is 3.00. The van der Waals surface area contributed by atoms with Gasteiger partial charge in [0.15, 0.2) is 0 Å². The quantitative estimate of drug-likeness (QED) is 0.594. The molecule has 0 aromatic carbocycles. The molecular weight excluding hydrogens is 208 g/mol. The van der Waals surface area contributed by atoms with Crippen molar-refractivity contribution in [3.8, 4) is 0 Å². The average Bonchev–Trinajstić information content (AvgIpc) is 2.30. The second kappa shape index (κ2) is 7.52. The molecule has 1 fully saturated rings. The average molecular weight is 238 g/mol. The van der Waals surface area contributed by atoms with E-state index in [-0.39, 0.29) is 0 Å². The van der Waals surface area contributed by atoms with Crippen molar-refractivity contribution in [3.05, 3.63) is 0 Å². The molecule has 0 aromatic heterocycles. The first-order valence-electron chi connectivity index (χ1n) is 7.41. The third-order valence-electron chi connectivity index (χ3n) is 4.62. The minimum Gasteiger partial charge on any atom is -0.0654 e. The normalized spacial score (nSPS) is 32.6. The summed E-state index contributed by atoms with van der Waals surface area (Å²) in [7, 11) is 3.00. The largest absolute Gasteiger partial charge is 0.0654 e. The van der Waals surface area contributed by atoms with Gasteiger partial charge in [0.1, 0.15) is 0 Å². The van der Waals surface area contributed by atoms with Crippen LogP contribution in [-0.4, -0.2) is 10.2 Å². The Morgan fingerprint density at radius 1 is 1.19 bits per heavy atom. The van der Waals surface area contributed by atoms with Crippen molar-refractivity contribution >= 4 is 10.2 Å². The van der Waals surface area contributed by atoms with Gasteiger partial charge < -0.3 is 0 Å². The Balaban J connectivity index is 2.40. The smallest absolute Gasteiger partial charge is 0.0147 e. The first-order valence-corrected chi connectivity index (χ1v) is 8.22. The molecule has 16 heavy (non-hydrogen) atoms. The van der Waals surface area contributed by atoms with E-state index in [4.69, 9.17) is 0 Å². The Morgan fingerprint density at radius 2 is 1.94 bits per heavy atom. The van der Waals surface area contributed by atoms with Gasteiger partial charge in [0.2, 0.25) is 0 Å². The highest BCUT2D eigenvalue weighted by Gasteiger charge is 2.29. The van der Waals surface area contributed by atoms with Gasteiger partial charge >= 0.3 is 0 Å². The predicted molar refractivity (Wildman–Crippen MR) is 75.3 cm³/mol. The van der Waals surface area contributed by atoms with E-state index in [0.29, 0.717) is 0 Å². The molecule has 94 valence electrons. The van der Waals surface area contributed by atoms with Crippen LogP contribution in [0.4, 0.5) is 0 Å². The van der Waals surface area contributed by atoms with Crippen LogP contribution in [0.1, 0.15) is 65.7 Å². The molecule has 1 aliphatic rings. The third kappa shape index (κ3) is 4.23. The van der Waals surface area contributed by atoms with E-state index in [1.54, 1.807) is 0 Å². The molecule has 2 radical (unpaired) electrons. The summed E-state index contributed by atoms with van der Waals surface area (Å²) in [4.78, 5) is 0. The van der Waals surface area contributed by atoms with Crippen molar-refractivity contribution < 1.29 is 0 Å². The lowest BCUT2D eigenvalue weighted by molar-refractivity contribution is 0.162. The first-order chi connectivity index (χ1) is 7.71. The number of hydrogen-bond donors (Lipinski definition) is 0. The van der Waals surface area contributed by atoms with Gasteiger partial charge in [-0.2, -0.15) is 0 Å². The first kappa shape index (κ1) is 14.3. The molecule has 4 atom stereocenters. The van der Waals surface area contributed by atoms with Gasteiger partial charge in [-0.05, 0) is 42.9 Å². The molecule has 1 aliphatic carbocycles. The van der Waals surface area contributed by atoms with E-state index in [1.165, 1.54) is 51.0 Å². The lowest BCUT2D eigenvalue weighted by Gasteiger charge is -2.37. The van der Waals surface area contributed by atoms with Crippen molar-refractivity contribution in [2.24, 2.45) is 23.7 Å². The van der Waals surface area contributed by atoms with Crippen LogP contribution in [-0.2, 0) is 0 Å². The Hall–Kier alpha value is 0.217. The van der Waals surface area contributed by atoms with Crippen molar-refractivity contribution in [2.75, 3.05) is 0 Å².